The number of halogens is 3. The Morgan fingerprint density at radius 3 is 2.57 bits per heavy atom. The summed E-state index contributed by atoms with van der Waals surface area (Å²) in [5.41, 5.74) is 3.26. The molecule has 5 heteroatoms. The van der Waals surface area contributed by atoms with Crippen LogP contribution in [0.3, 0.4) is 0 Å². The number of nitrogens with zero attached hydrogens (tertiary/aromatic N) is 2. The van der Waals surface area contributed by atoms with Crippen molar-refractivity contribution in [2.24, 2.45) is 0 Å². The zero-order chi connectivity index (χ0) is 15.1. The summed E-state index contributed by atoms with van der Waals surface area (Å²) in [6.07, 6.45) is 0. The molecule has 0 aliphatic rings. The summed E-state index contributed by atoms with van der Waals surface area (Å²) in [6.45, 7) is 3.99. The SMILES string of the molecule is Cc1ccc(-c2nc(Cl)c3cc(Br)cc(F)c3n2)c(C)c1. The van der Waals surface area contributed by atoms with Crippen LogP contribution in [0.2, 0.25) is 5.15 Å². The van der Waals surface area contributed by atoms with Crippen molar-refractivity contribution in [2.75, 3.05) is 0 Å². The van der Waals surface area contributed by atoms with Crippen LogP contribution < -0.4 is 0 Å². The normalized spacial score (nSPS) is 11.1. The van der Waals surface area contributed by atoms with Crippen LogP contribution in [0.5, 0.6) is 0 Å². The summed E-state index contributed by atoms with van der Waals surface area (Å²) in [5.74, 6) is 0.0147. The minimum atomic E-state index is -0.422. The molecule has 3 aromatic rings. The molecule has 0 aliphatic heterocycles. The van der Waals surface area contributed by atoms with E-state index in [4.69, 9.17) is 11.6 Å². The lowest BCUT2D eigenvalue weighted by Gasteiger charge is -2.09. The van der Waals surface area contributed by atoms with Gasteiger partial charge in [0.2, 0.25) is 0 Å². The molecule has 0 amide bonds. The lowest BCUT2D eigenvalue weighted by Crippen LogP contribution is -1.96. The molecule has 21 heavy (non-hydrogen) atoms. The maximum Gasteiger partial charge on any atom is 0.161 e. The maximum atomic E-state index is 14.1. The smallest absolute Gasteiger partial charge is 0.161 e. The van der Waals surface area contributed by atoms with E-state index in [1.54, 1.807) is 6.07 Å². The molecule has 0 atom stereocenters. The van der Waals surface area contributed by atoms with Gasteiger partial charge in [-0.3, -0.25) is 0 Å². The monoisotopic (exact) mass is 364 g/mol. The fourth-order valence-electron chi connectivity index (χ4n) is 2.31. The number of hydrogen-bond donors (Lipinski definition) is 0. The zero-order valence-electron chi connectivity index (χ0n) is 11.4. The third kappa shape index (κ3) is 2.65. The highest BCUT2D eigenvalue weighted by Gasteiger charge is 2.13. The van der Waals surface area contributed by atoms with Gasteiger partial charge in [0.1, 0.15) is 10.7 Å². The highest BCUT2D eigenvalue weighted by Crippen LogP contribution is 2.30. The van der Waals surface area contributed by atoms with Crippen LogP contribution in [0.4, 0.5) is 4.39 Å². The van der Waals surface area contributed by atoms with E-state index in [2.05, 4.69) is 25.9 Å². The van der Waals surface area contributed by atoms with E-state index < -0.39 is 5.82 Å². The topological polar surface area (TPSA) is 25.8 Å². The average molecular weight is 366 g/mol. The highest BCUT2D eigenvalue weighted by atomic mass is 79.9. The van der Waals surface area contributed by atoms with Gasteiger partial charge in [0.25, 0.3) is 0 Å². The Kier molecular flexibility index (Phi) is 3.68. The van der Waals surface area contributed by atoms with Crippen LogP contribution in [-0.4, -0.2) is 9.97 Å². The van der Waals surface area contributed by atoms with E-state index in [9.17, 15) is 4.39 Å². The Bertz CT molecular complexity index is 865. The van der Waals surface area contributed by atoms with Crippen LogP contribution in [0.25, 0.3) is 22.3 Å². The Hall–Kier alpha value is -1.52. The van der Waals surface area contributed by atoms with Crippen LogP contribution in [0.1, 0.15) is 11.1 Å². The standard InChI is InChI=1S/C16H11BrClFN2/c1-8-3-4-11(9(2)5-8)16-20-14-12(15(18)21-16)6-10(17)7-13(14)19/h3-7H,1-2H3. The molecular weight excluding hydrogens is 355 g/mol. The number of benzene rings is 2. The number of rotatable bonds is 1. The van der Waals surface area contributed by atoms with Crippen molar-refractivity contribution in [3.8, 4) is 11.4 Å². The maximum absolute atomic E-state index is 14.1. The first-order valence-electron chi connectivity index (χ1n) is 6.35. The summed E-state index contributed by atoms with van der Waals surface area (Å²) in [7, 11) is 0. The van der Waals surface area contributed by atoms with Gasteiger partial charge in [-0.25, -0.2) is 14.4 Å². The first kappa shape index (κ1) is 14.4. The summed E-state index contributed by atoms with van der Waals surface area (Å²) < 4.78 is 14.7. The molecule has 0 aliphatic carbocycles. The van der Waals surface area contributed by atoms with Gasteiger partial charge >= 0.3 is 0 Å². The molecule has 0 bridgehead atoms. The van der Waals surface area contributed by atoms with Gasteiger partial charge in [-0.15, -0.1) is 0 Å². The molecule has 0 saturated heterocycles. The lowest BCUT2D eigenvalue weighted by molar-refractivity contribution is 0.636. The predicted octanol–water partition coefficient (Wildman–Crippen LogP) is 5.47. The highest BCUT2D eigenvalue weighted by molar-refractivity contribution is 9.10. The minimum Gasteiger partial charge on any atom is -0.225 e. The lowest BCUT2D eigenvalue weighted by atomic mass is 10.1. The third-order valence-corrected chi connectivity index (χ3v) is 4.04. The number of aromatic nitrogens is 2. The van der Waals surface area contributed by atoms with Crippen molar-refractivity contribution < 1.29 is 4.39 Å². The molecule has 1 heterocycles. The van der Waals surface area contributed by atoms with Gasteiger partial charge in [-0.1, -0.05) is 51.3 Å². The van der Waals surface area contributed by atoms with Crippen LogP contribution in [0.15, 0.2) is 34.8 Å². The first-order valence-corrected chi connectivity index (χ1v) is 7.53. The second-order valence-corrected chi connectivity index (χ2v) is 6.21. The van der Waals surface area contributed by atoms with Crippen molar-refractivity contribution in [1.29, 1.82) is 0 Å². The van der Waals surface area contributed by atoms with Gasteiger partial charge < -0.3 is 0 Å². The molecule has 0 radical (unpaired) electrons. The second-order valence-electron chi connectivity index (χ2n) is 4.94. The molecule has 2 aromatic carbocycles. The van der Waals surface area contributed by atoms with E-state index in [-0.39, 0.29) is 10.7 Å². The molecule has 0 fully saturated rings. The largest absolute Gasteiger partial charge is 0.225 e. The summed E-state index contributed by atoms with van der Waals surface area (Å²) >= 11 is 9.45. The van der Waals surface area contributed by atoms with Crippen LogP contribution in [-0.2, 0) is 0 Å². The Balaban J connectivity index is 2.30. The molecular formula is C16H11BrClFN2. The Morgan fingerprint density at radius 2 is 1.86 bits per heavy atom. The van der Waals surface area contributed by atoms with Gasteiger partial charge in [0, 0.05) is 15.4 Å². The summed E-state index contributed by atoms with van der Waals surface area (Å²) in [4.78, 5) is 8.66. The van der Waals surface area contributed by atoms with Crippen molar-refractivity contribution in [1.82, 2.24) is 9.97 Å². The van der Waals surface area contributed by atoms with Crippen LogP contribution >= 0.6 is 27.5 Å². The summed E-state index contributed by atoms with van der Waals surface area (Å²) in [6, 6.07) is 9.03. The second kappa shape index (κ2) is 5.35. The van der Waals surface area contributed by atoms with Gasteiger partial charge in [0.05, 0.1) is 0 Å². The van der Waals surface area contributed by atoms with Crippen molar-refractivity contribution >= 4 is 38.4 Å². The van der Waals surface area contributed by atoms with Crippen molar-refractivity contribution in [3.63, 3.8) is 0 Å². The fourth-order valence-corrected chi connectivity index (χ4v) is 2.96. The van der Waals surface area contributed by atoms with E-state index in [0.717, 1.165) is 16.7 Å². The van der Waals surface area contributed by atoms with Gasteiger partial charge in [-0.05, 0) is 31.5 Å². The van der Waals surface area contributed by atoms with E-state index in [1.807, 2.05) is 32.0 Å². The number of aryl methyl sites for hydroxylation is 2. The van der Waals surface area contributed by atoms with Gasteiger partial charge in [-0.2, -0.15) is 0 Å². The summed E-state index contributed by atoms with van der Waals surface area (Å²) in [5, 5.41) is 0.743. The van der Waals surface area contributed by atoms with Crippen LogP contribution in [0, 0.1) is 19.7 Å². The molecule has 3 rings (SSSR count). The average Bonchev–Trinajstić information content (AvgIpc) is 2.40. The molecule has 1 aromatic heterocycles. The molecule has 0 N–H and O–H groups in total. The van der Waals surface area contributed by atoms with E-state index in [1.165, 1.54) is 6.07 Å². The zero-order valence-corrected chi connectivity index (χ0v) is 13.8. The van der Waals surface area contributed by atoms with Gasteiger partial charge in [0.15, 0.2) is 11.6 Å². The predicted molar refractivity (Wildman–Crippen MR) is 87.1 cm³/mol. The molecule has 106 valence electrons. The molecule has 0 saturated carbocycles. The molecule has 0 spiro atoms. The number of fused-ring (bicyclic) bond motifs is 1. The fraction of sp³-hybridized carbons (Fsp3) is 0.125. The van der Waals surface area contributed by atoms with Crippen molar-refractivity contribution in [2.45, 2.75) is 13.8 Å². The minimum absolute atomic E-state index is 0.230. The molecule has 0 unspecified atom stereocenters. The van der Waals surface area contributed by atoms with E-state index >= 15 is 0 Å². The molecule has 2 nitrogen and oxygen atoms in total. The quantitative estimate of drug-likeness (QED) is 0.534. The Morgan fingerprint density at radius 1 is 1.10 bits per heavy atom. The third-order valence-electron chi connectivity index (χ3n) is 3.30. The van der Waals surface area contributed by atoms with E-state index in [0.29, 0.717) is 15.7 Å². The van der Waals surface area contributed by atoms with Crippen molar-refractivity contribution in [3.05, 3.63) is 56.9 Å². The first-order chi connectivity index (χ1) is 9.95. The Labute approximate surface area is 135 Å². The number of hydrogen-bond acceptors (Lipinski definition) is 2.